The van der Waals surface area contributed by atoms with E-state index >= 15 is 0 Å². The maximum absolute atomic E-state index is 13.0. The molecule has 116 valence electrons. The molecule has 7 heteroatoms. The van der Waals surface area contributed by atoms with E-state index in [1.165, 1.54) is 6.07 Å². The molecule has 22 heavy (non-hydrogen) atoms. The summed E-state index contributed by atoms with van der Waals surface area (Å²) in [5.74, 6) is 1.72. The lowest BCUT2D eigenvalue weighted by Gasteiger charge is -2.14. The molecule has 0 amide bonds. The average Bonchev–Trinajstić information content (AvgIpc) is 3.10. The van der Waals surface area contributed by atoms with Crippen LogP contribution in [0.1, 0.15) is 37.0 Å². The minimum absolute atomic E-state index is 0.0140. The van der Waals surface area contributed by atoms with Crippen molar-refractivity contribution in [1.82, 2.24) is 20.1 Å². The van der Waals surface area contributed by atoms with Crippen molar-refractivity contribution < 1.29 is 13.5 Å². The lowest BCUT2D eigenvalue weighted by molar-refractivity contribution is 0.184. The quantitative estimate of drug-likeness (QED) is 0.789. The van der Waals surface area contributed by atoms with Crippen molar-refractivity contribution in [2.75, 3.05) is 13.1 Å². The highest BCUT2D eigenvalue weighted by Crippen LogP contribution is 2.39. The fraction of sp³-hybridized carbons (Fsp3) is 0.533. The van der Waals surface area contributed by atoms with Gasteiger partial charge in [0.05, 0.1) is 6.54 Å². The molecule has 0 spiro atoms. The van der Waals surface area contributed by atoms with Crippen LogP contribution in [0.3, 0.4) is 0 Å². The van der Waals surface area contributed by atoms with Crippen LogP contribution >= 0.6 is 0 Å². The summed E-state index contributed by atoms with van der Waals surface area (Å²) >= 11 is 0. The van der Waals surface area contributed by atoms with Gasteiger partial charge in [0.2, 0.25) is 23.6 Å². The van der Waals surface area contributed by atoms with Crippen LogP contribution in [0.25, 0.3) is 0 Å². The van der Waals surface area contributed by atoms with Gasteiger partial charge in [-0.1, -0.05) is 6.07 Å². The lowest BCUT2D eigenvalue weighted by atomic mass is 10.3. The van der Waals surface area contributed by atoms with E-state index in [4.69, 9.17) is 9.15 Å². The van der Waals surface area contributed by atoms with Crippen LogP contribution in [0, 0.1) is 5.95 Å². The first kappa shape index (κ1) is 13.6. The van der Waals surface area contributed by atoms with Gasteiger partial charge >= 0.3 is 0 Å². The molecule has 3 heterocycles. The number of hydrogen-bond acceptors (Lipinski definition) is 6. The molecule has 2 aliphatic rings. The summed E-state index contributed by atoms with van der Waals surface area (Å²) in [6.45, 7) is 2.27. The van der Waals surface area contributed by atoms with Crippen LogP contribution in [-0.4, -0.2) is 39.3 Å². The second-order valence-electron chi connectivity index (χ2n) is 5.87. The summed E-state index contributed by atoms with van der Waals surface area (Å²) in [5, 5.41) is 8.19. The summed E-state index contributed by atoms with van der Waals surface area (Å²) in [7, 11) is 0. The molecule has 0 aromatic carbocycles. The molecule has 2 aromatic heterocycles. The smallest absolute Gasteiger partial charge is 0.230 e. The Hall–Kier alpha value is -2.02. The zero-order chi connectivity index (χ0) is 14.9. The van der Waals surface area contributed by atoms with Crippen molar-refractivity contribution in [3.05, 3.63) is 35.9 Å². The van der Waals surface area contributed by atoms with Crippen LogP contribution in [-0.2, 0) is 6.54 Å². The van der Waals surface area contributed by atoms with Crippen molar-refractivity contribution in [2.24, 2.45) is 0 Å². The van der Waals surface area contributed by atoms with Gasteiger partial charge in [-0.3, -0.25) is 4.90 Å². The molecule has 1 saturated heterocycles. The fourth-order valence-electron chi connectivity index (χ4n) is 2.68. The van der Waals surface area contributed by atoms with E-state index in [1.807, 2.05) is 0 Å². The van der Waals surface area contributed by atoms with E-state index < -0.39 is 5.95 Å². The minimum atomic E-state index is -0.522. The molecule has 0 radical (unpaired) electrons. The highest BCUT2D eigenvalue weighted by atomic mass is 19.1. The summed E-state index contributed by atoms with van der Waals surface area (Å²) in [4.78, 5) is 5.93. The van der Waals surface area contributed by atoms with Crippen molar-refractivity contribution in [3.8, 4) is 5.88 Å². The van der Waals surface area contributed by atoms with Crippen LogP contribution < -0.4 is 4.74 Å². The van der Waals surface area contributed by atoms with Gasteiger partial charge in [-0.2, -0.15) is 9.37 Å². The first-order valence-corrected chi connectivity index (χ1v) is 7.60. The van der Waals surface area contributed by atoms with Crippen LogP contribution in [0.4, 0.5) is 4.39 Å². The number of likely N-dealkylation sites (tertiary alicyclic amines) is 1. The standard InChI is InChI=1S/C15H17FN4O2/c16-12-2-1-3-13(17-12)21-11-6-7-20(8-11)9-14-18-19-15(22-14)10-4-5-10/h1-3,10-11H,4-9H2. The first-order chi connectivity index (χ1) is 10.8. The number of pyridine rings is 1. The predicted molar refractivity (Wildman–Crippen MR) is 74.8 cm³/mol. The number of ether oxygens (including phenoxy) is 1. The van der Waals surface area contributed by atoms with Crippen LogP contribution in [0.15, 0.2) is 22.6 Å². The van der Waals surface area contributed by atoms with Crippen molar-refractivity contribution in [1.29, 1.82) is 0 Å². The molecule has 2 fully saturated rings. The van der Waals surface area contributed by atoms with Crippen molar-refractivity contribution >= 4 is 0 Å². The molecule has 1 saturated carbocycles. The maximum atomic E-state index is 13.0. The van der Waals surface area contributed by atoms with E-state index in [1.54, 1.807) is 12.1 Å². The molecule has 1 atom stereocenters. The Morgan fingerprint density at radius 2 is 2.18 bits per heavy atom. The minimum Gasteiger partial charge on any atom is -0.473 e. The number of rotatable bonds is 5. The Balaban J connectivity index is 1.31. The van der Waals surface area contributed by atoms with Gasteiger partial charge in [-0.05, 0) is 25.3 Å². The molecule has 0 bridgehead atoms. The molecule has 1 unspecified atom stereocenters. The molecule has 4 rings (SSSR count). The summed E-state index contributed by atoms with van der Waals surface area (Å²) in [6, 6.07) is 4.58. The normalized spacial score (nSPS) is 22.1. The first-order valence-electron chi connectivity index (χ1n) is 7.60. The number of halogens is 1. The molecule has 1 aliphatic heterocycles. The van der Waals surface area contributed by atoms with Gasteiger partial charge in [0.15, 0.2) is 0 Å². The number of hydrogen-bond donors (Lipinski definition) is 0. The van der Waals surface area contributed by atoms with E-state index in [2.05, 4.69) is 20.1 Å². The lowest BCUT2D eigenvalue weighted by Crippen LogP contribution is -2.25. The van der Waals surface area contributed by atoms with Gasteiger partial charge in [-0.25, -0.2) is 0 Å². The van der Waals surface area contributed by atoms with Gasteiger partial charge in [0.1, 0.15) is 6.10 Å². The third-order valence-corrected chi connectivity index (χ3v) is 3.97. The molecule has 6 nitrogen and oxygen atoms in total. The molecular formula is C15H17FN4O2. The zero-order valence-corrected chi connectivity index (χ0v) is 12.1. The number of aromatic nitrogens is 3. The highest BCUT2D eigenvalue weighted by molar-refractivity contribution is 5.11. The van der Waals surface area contributed by atoms with E-state index in [-0.39, 0.29) is 6.10 Å². The average molecular weight is 304 g/mol. The van der Waals surface area contributed by atoms with Gasteiger partial charge in [0.25, 0.3) is 0 Å². The zero-order valence-electron chi connectivity index (χ0n) is 12.1. The predicted octanol–water partition coefficient (Wildman–Crippen LogP) is 2.13. The van der Waals surface area contributed by atoms with Crippen molar-refractivity contribution in [3.63, 3.8) is 0 Å². The van der Waals surface area contributed by atoms with Crippen LogP contribution in [0.5, 0.6) is 5.88 Å². The fourth-order valence-corrected chi connectivity index (χ4v) is 2.68. The van der Waals surface area contributed by atoms with Gasteiger partial charge in [-0.15, -0.1) is 10.2 Å². The largest absolute Gasteiger partial charge is 0.473 e. The third kappa shape index (κ3) is 3.09. The third-order valence-electron chi connectivity index (χ3n) is 3.97. The second kappa shape index (κ2) is 5.64. The molecule has 2 aromatic rings. The van der Waals surface area contributed by atoms with Crippen LogP contribution in [0.2, 0.25) is 0 Å². The van der Waals surface area contributed by atoms with Gasteiger partial charge < -0.3 is 9.15 Å². The highest BCUT2D eigenvalue weighted by Gasteiger charge is 2.30. The second-order valence-corrected chi connectivity index (χ2v) is 5.87. The Kier molecular flexibility index (Phi) is 3.49. The Labute approximate surface area is 127 Å². The summed E-state index contributed by atoms with van der Waals surface area (Å²) < 4.78 is 24.4. The topological polar surface area (TPSA) is 64.3 Å². The summed E-state index contributed by atoms with van der Waals surface area (Å²) in [5.41, 5.74) is 0. The Morgan fingerprint density at radius 3 is 3.00 bits per heavy atom. The molecule has 0 N–H and O–H groups in total. The SMILES string of the molecule is Fc1cccc(OC2CCN(Cc3nnc(C4CC4)o3)C2)n1. The molecular weight excluding hydrogens is 287 g/mol. The maximum Gasteiger partial charge on any atom is 0.230 e. The Bertz CT molecular complexity index is 658. The van der Waals surface area contributed by atoms with Gasteiger partial charge in [0, 0.05) is 25.1 Å². The van der Waals surface area contributed by atoms with Crippen molar-refractivity contribution in [2.45, 2.75) is 37.8 Å². The van der Waals surface area contributed by atoms with E-state index in [9.17, 15) is 4.39 Å². The Morgan fingerprint density at radius 1 is 1.27 bits per heavy atom. The number of nitrogens with zero attached hydrogens (tertiary/aromatic N) is 4. The summed E-state index contributed by atoms with van der Waals surface area (Å²) in [6.07, 6.45) is 3.20. The van der Waals surface area contributed by atoms with E-state index in [0.717, 1.165) is 38.2 Å². The van der Waals surface area contributed by atoms with E-state index in [0.29, 0.717) is 24.2 Å². The monoisotopic (exact) mass is 304 g/mol. The molecule has 1 aliphatic carbocycles.